The minimum absolute atomic E-state index is 0.254. The summed E-state index contributed by atoms with van der Waals surface area (Å²) in [5.74, 6) is -0.263. The molecule has 0 spiro atoms. The Bertz CT molecular complexity index is 717. The molecule has 2 aromatic carbocycles. The summed E-state index contributed by atoms with van der Waals surface area (Å²) in [6, 6.07) is 14.4. The predicted molar refractivity (Wildman–Crippen MR) is 105 cm³/mol. The number of hydrogen-bond acceptors (Lipinski definition) is 1. The number of quaternary nitrogens is 1. The molecule has 0 radical (unpaired) electrons. The zero-order valence-corrected chi connectivity index (χ0v) is 15.5. The van der Waals surface area contributed by atoms with Crippen LogP contribution in [0.2, 0.25) is 5.02 Å². The number of halogens is 2. The van der Waals surface area contributed by atoms with Gasteiger partial charge in [-0.05, 0) is 42.5 Å². The van der Waals surface area contributed by atoms with E-state index in [1.54, 1.807) is 12.1 Å². The molecule has 0 bridgehead atoms. The Balaban J connectivity index is 1.65. The number of benzene rings is 2. The van der Waals surface area contributed by atoms with Gasteiger partial charge in [0.05, 0.1) is 19.6 Å². The van der Waals surface area contributed by atoms with Crippen molar-refractivity contribution in [1.29, 1.82) is 0 Å². The molecule has 2 aromatic rings. The van der Waals surface area contributed by atoms with Crippen LogP contribution in [0, 0.1) is 5.82 Å². The SMILES string of the molecule is Fc1ccc(NC(=S)NC[C@H](c2ccccc2Cl)[NH+]2CCCC2)cc1. The van der Waals surface area contributed by atoms with Crippen molar-refractivity contribution in [3.05, 3.63) is 64.9 Å². The molecule has 1 aliphatic rings. The third-order valence-corrected chi connectivity index (χ3v) is 5.18. The summed E-state index contributed by atoms with van der Waals surface area (Å²) < 4.78 is 13.0. The van der Waals surface area contributed by atoms with Gasteiger partial charge in [-0.1, -0.05) is 29.8 Å². The van der Waals surface area contributed by atoms with Gasteiger partial charge in [0.2, 0.25) is 0 Å². The van der Waals surface area contributed by atoms with E-state index in [4.69, 9.17) is 23.8 Å². The maximum Gasteiger partial charge on any atom is 0.171 e. The Labute approximate surface area is 158 Å². The lowest BCUT2D eigenvalue weighted by atomic mass is 10.1. The predicted octanol–water partition coefficient (Wildman–Crippen LogP) is 3.19. The van der Waals surface area contributed by atoms with E-state index in [2.05, 4.69) is 16.7 Å². The average Bonchev–Trinajstić information content (AvgIpc) is 3.13. The lowest BCUT2D eigenvalue weighted by molar-refractivity contribution is -0.918. The second-order valence-electron chi connectivity index (χ2n) is 6.28. The van der Waals surface area contributed by atoms with E-state index in [0.29, 0.717) is 11.7 Å². The van der Waals surface area contributed by atoms with E-state index < -0.39 is 0 Å². The highest BCUT2D eigenvalue weighted by Gasteiger charge is 2.28. The quantitative estimate of drug-likeness (QED) is 0.698. The Hall–Kier alpha value is -1.69. The summed E-state index contributed by atoms with van der Waals surface area (Å²) in [5, 5.41) is 7.72. The fraction of sp³-hybridized carbons (Fsp3) is 0.316. The molecule has 0 saturated carbocycles. The number of rotatable bonds is 5. The molecule has 3 nitrogen and oxygen atoms in total. The normalized spacial score (nSPS) is 15.8. The van der Waals surface area contributed by atoms with Crippen LogP contribution in [0.4, 0.5) is 10.1 Å². The van der Waals surface area contributed by atoms with E-state index in [0.717, 1.165) is 29.4 Å². The highest BCUT2D eigenvalue weighted by atomic mass is 35.5. The van der Waals surface area contributed by atoms with Crippen LogP contribution >= 0.6 is 23.8 Å². The van der Waals surface area contributed by atoms with Crippen LogP contribution in [-0.2, 0) is 0 Å². The van der Waals surface area contributed by atoms with E-state index in [9.17, 15) is 4.39 Å². The van der Waals surface area contributed by atoms with Gasteiger partial charge in [-0.3, -0.25) is 0 Å². The standard InChI is InChI=1S/C19H21ClFN3S/c20-17-6-2-1-5-16(17)18(24-11-3-4-12-24)13-22-19(25)23-15-9-7-14(21)8-10-15/h1-2,5-10,18H,3-4,11-13H2,(H2,22,23,25)/p+1/t18-/m1/s1. The summed E-state index contributed by atoms with van der Waals surface area (Å²) in [7, 11) is 0. The molecule has 132 valence electrons. The molecule has 1 fully saturated rings. The molecule has 3 rings (SSSR count). The first-order chi connectivity index (χ1) is 12.1. The van der Waals surface area contributed by atoms with E-state index in [-0.39, 0.29) is 11.9 Å². The Morgan fingerprint density at radius 3 is 2.48 bits per heavy atom. The summed E-state index contributed by atoms with van der Waals surface area (Å²) in [6.45, 7) is 3.00. The highest BCUT2D eigenvalue weighted by Crippen LogP contribution is 2.21. The molecule has 3 N–H and O–H groups in total. The van der Waals surface area contributed by atoms with Gasteiger partial charge in [0, 0.05) is 29.1 Å². The van der Waals surface area contributed by atoms with Crippen molar-refractivity contribution in [3.63, 3.8) is 0 Å². The second-order valence-corrected chi connectivity index (χ2v) is 7.10. The van der Waals surface area contributed by atoms with Crippen LogP contribution in [0.25, 0.3) is 0 Å². The molecule has 25 heavy (non-hydrogen) atoms. The molecule has 0 unspecified atom stereocenters. The highest BCUT2D eigenvalue weighted by molar-refractivity contribution is 7.80. The lowest BCUT2D eigenvalue weighted by Gasteiger charge is -2.26. The molecule has 1 atom stereocenters. The molecule has 1 aliphatic heterocycles. The molecular weight excluding hydrogens is 357 g/mol. The van der Waals surface area contributed by atoms with Crippen molar-refractivity contribution >= 4 is 34.6 Å². The Morgan fingerprint density at radius 2 is 1.80 bits per heavy atom. The van der Waals surface area contributed by atoms with Crippen LogP contribution < -0.4 is 15.5 Å². The first kappa shape index (κ1) is 18.1. The molecule has 1 saturated heterocycles. The van der Waals surface area contributed by atoms with Gasteiger partial charge >= 0.3 is 0 Å². The molecule has 6 heteroatoms. The first-order valence-electron chi connectivity index (χ1n) is 8.53. The van der Waals surface area contributed by atoms with Crippen molar-refractivity contribution in [3.8, 4) is 0 Å². The van der Waals surface area contributed by atoms with Crippen molar-refractivity contribution in [2.24, 2.45) is 0 Å². The maximum atomic E-state index is 13.0. The Kier molecular flexibility index (Phi) is 6.24. The molecule has 0 amide bonds. The maximum absolute atomic E-state index is 13.0. The van der Waals surface area contributed by atoms with Crippen LogP contribution in [0.1, 0.15) is 24.4 Å². The average molecular weight is 379 g/mol. The number of anilines is 1. The second kappa shape index (κ2) is 8.61. The summed E-state index contributed by atoms with van der Waals surface area (Å²) in [5.41, 5.74) is 1.92. The third-order valence-electron chi connectivity index (χ3n) is 4.59. The summed E-state index contributed by atoms with van der Waals surface area (Å²) in [4.78, 5) is 1.53. The van der Waals surface area contributed by atoms with Crippen molar-refractivity contribution < 1.29 is 9.29 Å². The van der Waals surface area contributed by atoms with Crippen LogP contribution in [0.3, 0.4) is 0 Å². The van der Waals surface area contributed by atoms with Crippen LogP contribution in [0.5, 0.6) is 0 Å². The van der Waals surface area contributed by atoms with Gasteiger partial charge < -0.3 is 15.5 Å². The molecule has 0 aliphatic carbocycles. The monoisotopic (exact) mass is 378 g/mol. The molecule has 0 aromatic heterocycles. The van der Waals surface area contributed by atoms with Gasteiger partial charge in [0.25, 0.3) is 0 Å². The zero-order valence-electron chi connectivity index (χ0n) is 13.9. The van der Waals surface area contributed by atoms with Gasteiger partial charge in [-0.15, -0.1) is 0 Å². The minimum Gasteiger partial charge on any atom is -0.356 e. The lowest BCUT2D eigenvalue weighted by Crippen LogP contribution is -3.11. The topological polar surface area (TPSA) is 28.5 Å². The number of thiocarbonyl (C=S) groups is 1. The molecule has 1 heterocycles. The van der Waals surface area contributed by atoms with E-state index in [1.807, 2.05) is 18.2 Å². The van der Waals surface area contributed by atoms with Crippen LogP contribution in [0.15, 0.2) is 48.5 Å². The number of hydrogen-bond donors (Lipinski definition) is 3. The fourth-order valence-corrected chi connectivity index (χ4v) is 3.78. The summed E-state index contributed by atoms with van der Waals surface area (Å²) in [6.07, 6.45) is 2.49. The van der Waals surface area contributed by atoms with Gasteiger partial charge in [0.1, 0.15) is 11.9 Å². The van der Waals surface area contributed by atoms with E-state index >= 15 is 0 Å². The Morgan fingerprint density at radius 1 is 1.12 bits per heavy atom. The van der Waals surface area contributed by atoms with Gasteiger partial charge in [-0.2, -0.15) is 0 Å². The smallest absolute Gasteiger partial charge is 0.171 e. The zero-order chi connectivity index (χ0) is 17.6. The van der Waals surface area contributed by atoms with Crippen LogP contribution in [-0.4, -0.2) is 24.7 Å². The largest absolute Gasteiger partial charge is 0.356 e. The number of nitrogens with one attached hydrogen (secondary N) is 3. The first-order valence-corrected chi connectivity index (χ1v) is 9.31. The van der Waals surface area contributed by atoms with Crippen molar-refractivity contribution in [2.75, 3.05) is 25.0 Å². The fourth-order valence-electron chi connectivity index (χ4n) is 3.31. The van der Waals surface area contributed by atoms with E-state index in [1.165, 1.54) is 29.9 Å². The summed E-state index contributed by atoms with van der Waals surface area (Å²) >= 11 is 11.8. The molecular formula is C19H22ClFN3S+. The van der Waals surface area contributed by atoms with Crippen molar-refractivity contribution in [1.82, 2.24) is 5.32 Å². The number of likely N-dealkylation sites (tertiary alicyclic amines) is 1. The van der Waals surface area contributed by atoms with Gasteiger partial charge in [0.15, 0.2) is 5.11 Å². The third kappa shape index (κ3) is 4.91. The van der Waals surface area contributed by atoms with Gasteiger partial charge in [-0.25, -0.2) is 4.39 Å². The van der Waals surface area contributed by atoms with Crippen molar-refractivity contribution in [2.45, 2.75) is 18.9 Å². The minimum atomic E-state index is -0.263.